The van der Waals surface area contributed by atoms with Gasteiger partial charge >= 0.3 is 0 Å². The molecule has 0 bridgehead atoms. The molecule has 0 fully saturated rings. The summed E-state index contributed by atoms with van der Waals surface area (Å²) < 4.78 is 0. The summed E-state index contributed by atoms with van der Waals surface area (Å²) >= 11 is 0. The van der Waals surface area contributed by atoms with E-state index in [1.807, 2.05) is 38.1 Å². The largest absolute Gasteiger partial charge is 0.347 e. The van der Waals surface area contributed by atoms with Gasteiger partial charge in [0.05, 0.1) is 12.1 Å². The molecule has 0 saturated carbocycles. The van der Waals surface area contributed by atoms with Crippen LogP contribution in [0.2, 0.25) is 0 Å². The van der Waals surface area contributed by atoms with E-state index >= 15 is 0 Å². The lowest BCUT2D eigenvalue weighted by molar-refractivity contribution is -0.134. The average molecular weight is 614 g/mol. The summed E-state index contributed by atoms with van der Waals surface area (Å²) in [6.45, 7) is 7.23. The number of hydrogen-bond donors (Lipinski definition) is 5. The van der Waals surface area contributed by atoms with Crippen molar-refractivity contribution in [2.24, 2.45) is 11.7 Å². The molecule has 5 atom stereocenters. The Bertz CT molecular complexity index is 1430. The van der Waals surface area contributed by atoms with Crippen LogP contribution in [0.25, 0.3) is 10.8 Å². The van der Waals surface area contributed by atoms with Crippen LogP contribution < -0.4 is 27.0 Å². The van der Waals surface area contributed by atoms with E-state index in [1.165, 1.54) is 5.56 Å². The van der Waals surface area contributed by atoms with Crippen LogP contribution in [0, 0.1) is 5.92 Å². The molecule has 242 valence electrons. The van der Waals surface area contributed by atoms with E-state index in [-0.39, 0.29) is 29.7 Å². The summed E-state index contributed by atoms with van der Waals surface area (Å²) in [6.07, 6.45) is 5.78. The Morgan fingerprint density at radius 2 is 1.62 bits per heavy atom. The second-order valence-electron chi connectivity index (χ2n) is 12.4. The number of unbranched alkanes of at least 4 members (excludes halogenated alkanes) is 1. The third-order valence-corrected chi connectivity index (χ3v) is 9.03. The van der Waals surface area contributed by atoms with Crippen LogP contribution in [0.4, 0.5) is 0 Å². The molecule has 0 radical (unpaired) electrons. The molecule has 3 aromatic rings. The van der Waals surface area contributed by atoms with Gasteiger partial charge in [0.15, 0.2) is 0 Å². The van der Waals surface area contributed by atoms with Crippen molar-refractivity contribution in [2.45, 2.75) is 96.3 Å². The molecule has 0 unspecified atom stereocenters. The lowest BCUT2D eigenvalue weighted by atomic mass is 9.96. The Balaban J connectivity index is 1.47. The van der Waals surface area contributed by atoms with E-state index < -0.39 is 18.1 Å². The molecule has 0 saturated heterocycles. The summed E-state index contributed by atoms with van der Waals surface area (Å²) in [4.78, 5) is 41.2. The highest BCUT2D eigenvalue weighted by atomic mass is 16.2. The maximum Gasteiger partial charge on any atom is 0.243 e. The first-order valence-electron chi connectivity index (χ1n) is 16.7. The van der Waals surface area contributed by atoms with Crippen molar-refractivity contribution >= 4 is 28.5 Å². The average Bonchev–Trinajstić information content (AvgIpc) is 3.46. The van der Waals surface area contributed by atoms with Crippen LogP contribution in [0.15, 0.2) is 66.7 Å². The van der Waals surface area contributed by atoms with Gasteiger partial charge in [-0.2, -0.15) is 0 Å². The number of rotatable bonds is 17. The Morgan fingerprint density at radius 1 is 0.867 bits per heavy atom. The molecule has 0 aromatic heterocycles. The maximum absolute atomic E-state index is 13.9. The molecule has 45 heavy (non-hydrogen) atoms. The fraction of sp³-hybridized carbons (Fsp3) is 0.486. The lowest BCUT2D eigenvalue weighted by Gasteiger charge is -2.29. The highest BCUT2D eigenvalue weighted by Gasteiger charge is 2.33. The van der Waals surface area contributed by atoms with Gasteiger partial charge in [-0.3, -0.25) is 14.4 Å². The predicted octanol–water partition coefficient (Wildman–Crippen LogP) is 4.70. The van der Waals surface area contributed by atoms with Crippen molar-refractivity contribution in [3.05, 3.63) is 83.4 Å². The molecule has 3 amide bonds. The molecule has 4 rings (SSSR count). The van der Waals surface area contributed by atoms with Crippen LogP contribution in [0.3, 0.4) is 0 Å². The van der Waals surface area contributed by atoms with Crippen LogP contribution >= 0.6 is 0 Å². The molecule has 0 heterocycles. The number of nitrogens with one attached hydrogen (secondary N) is 4. The Hall–Kier alpha value is -3.75. The number of carbonyl (C=O) groups is 3. The van der Waals surface area contributed by atoms with Gasteiger partial charge in [-0.15, -0.1) is 0 Å². The molecule has 3 aromatic carbocycles. The van der Waals surface area contributed by atoms with Crippen LogP contribution in [-0.2, 0) is 27.2 Å². The van der Waals surface area contributed by atoms with Crippen molar-refractivity contribution < 1.29 is 14.4 Å². The Labute approximate surface area is 268 Å². The van der Waals surface area contributed by atoms with Crippen molar-refractivity contribution in [2.75, 3.05) is 13.1 Å². The zero-order chi connectivity index (χ0) is 32.2. The molecule has 0 spiro atoms. The summed E-state index contributed by atoms with van der Waals surface area (Å²) in [5.41, 5.74) is 9.18. The Morgan fingerprint density at radius 3 is 2.38 bits per heavy atom. The molecule has 8 nitrogen and oxygen atoms in total. The van der Waals surface area contributed by atoms with Crippen LogP contribution in [-0.4, -0.2) is 48.9 Å². The topological polar surface area (TPSA) is 125 Å². The monoisotopic (exact) mass is 613 g/mol. The quantitative estimate of drug-likeness (QED) is 0.141. The number of hydrogen-bond acceptors (Lipinski definition) is 5. The van der Waals surface area contributed by atoms with Gasteiger partial charge < -0.3 is 27.0 Å². The summed E-state index contributed by atoms with van der Waals surface area (Å²) in [6, 6.07) is 20.5. The van der Waals surface area contributed by atoms with Gasteiger partial charge in [0.25, 0.3) is 0 Å². The maximum atomic E-state index is 13.9. The summed E-state index contributed by atoms with van der Waals surface area (Å²) in [5, 5.41) is 14.9. The minimum Gasteiger partial charge on any atom is -0.347 e. The first-order valence-corrected chi connectivity index (χ1v) is 16.7. The highest BCUT2D eigenvalue weighted by molar-refractivity contribution is 5.93. The minimum absolute atomic E-state index is 0.0758. The van der Waals surface area contributed by atoms with Gasteiger partial charge in [0, 0.05) is 0 Å². The van der Waals surface area contributed by atoms with Crippen LogP contribution in [0.5, 0.6) is 0 Å². The summed E-state index contributed by atoms with van der Waals surface area (Å²) in [5.74, 6) is -0.882. The van der Waals surface area contributed by atoms with Gasteiger partial charge in [-0.1, -0.05) is 93.9 Å². The SMILES string of the molecule is CCCN[C@@H](Cc1ccc2ccccc2c1)C(=O)N[C@H](C(=O)N[C@@H](CCCCN)C(=O)N[C@H]1CCc2ccccc21)[C@@H](C)CC. The normalized spacial score (nSPS) is 16.8. The number of nitrogens with two attached hydrogens (primary N) is 1. The fourth-order valence-corrected chi connectivity index (χ4v) is 6.14. The predicted molar refractivity (Wildman–Crippen MR) is 182 cm³/mol. The third kappa shape index (κ3) is 9.38. The van der Waals surface area contributed by atoms with E-state index in [4.69, 9.17) is 5.73 Å². The molecule has 1 aliphatic carbocycles. The molecule has 0 aliphatic heterocycles. The number of amides is 3. The van der Waals surface area contributed by atoms with E-state index in [9.17, 15) is 14.4 Å². The Kier molecular flexibility index (Phi) is 13.0. The third-order valence-electron chi connectivity index (χ3n) is 9.03. The van der Waals surface area contributed by atoms with Crippen molar-refractivity contribution in [3.8, 4) is 0 Å². The van der Waals surface area contributed by atoms with E-state index in [0.29, 0.717) is 38.8 Å². The lowest BCUT2D eigenvalue weighted by Crippen LogP contribution is -2.58. The van der Waals surface area contributed by atoms with E-state index in [1.54, 1.807) is 0 Å². The minimum atomic E-state index is -0.776. The fourth-order valence-electron chi connectivity index (χ4n) is 6.14. The van der Waals surface area contributed by atoms with Gasteiger partial charge in [0.1, 0.15) is 12.1 Å². The number of benzene rings is 3. The standard InChI is InChI=1S/C37H51N5O3/c1-4-22-39-33(24-26-17-18-27-12-6-7-14-29(27)23-26)36(44)42-34(25(3)5-2)37(45)41-32(16-10-11-21-38)35(43)40-31-20-19-28-13-8-9-15-30(28)31/h6-9,12-15,17-18,23,25,31-34,39H,4-5,10-11,16,19-22,24,38H2,1-3H3,(H,40,43)(H,41,45)(H,42,44)/t25-,31-,32-,33-,34-/m0/s1. The molecule has 6 N–H and O–H groups in total. The van der Waals surface area contributed by atoms with Crippen molar-refractivity contribution in [1.82, 2.24) is 21.3 Å². The summed E-state index contributed by atoms with van der Waals surface area (Å²) in [7, 11) is 0. The van der Waals surface area contributed by atoms with Crippen LogP contribution in [0.1, 0.15) is 82.0 Å². The zero-order valence-corrected chi connectivity index (χ0v) is 27.1. The molecule has 1 aliphatic rings. The van der Waals surface area contributed by atoms with Crippen molar-refractivity contribution in [1.29, 1.82) is 0 Å². The van der Waals surface area contributed by atoms with Gasteiger partial charge in [0.2, 0.25) is 17.7 Å². The van der Waals surface area contributed by atoms with E-state index in [0.717, 1.165) is 47.6 Å². The smallest absolute Gasteiger partial charge is 0.243 e. The number of carbonyl (C=O) groups excluding carboxylic acids is 3. The highest BCUT2D eigenvalue weighted by Crippen LogP contribution is 2.30. The van der Waals surface area contributed by atoms with Crippen molar-refractivity contribution in [3.63, 3.8) is 0 Å². The van der Waals surface area contributed by atoms with Gasteiger partial charge in [-0.05, 0) is 91.4 Å². The second kappa shape index (κ2) is 17.1. The second-order valence-corrected chi connectivity index (χ2v) is 12.4. The zero-order valence-electron chi connectivity index (χ0n) is 27.1. The van der Waals surface area contributed by atoms with Gasteiger partial charge in [-0.25, -0.2) is 0 Å². The first kappa shape index (κ1) is 34.1. The molecular weight excluding hydrogens is 562 g/mol. The number of fused-ring (bicyclic) bond motifs is 2. The van der Waals surface area contributed by atoms with E-state index in [2.05, 4.69) is 70.7 Å². The first-order chi connectivity index (χ1) is 21.8. The molecule has 8 heteroatoms. The molecular formula is C37H51N5O3. The number of aryl methyl sites for hydroxylation is 1.